The van der Waals surface area contributed by atoms with Crippen molar-refractivity contribution < 1.29 is 9.63 Å². The summed E-state index contributed by atoms with van der Waals surface area (Å²) in [6.07, 6.45) is 1.25. The van der Waals surface area contributed by atoms with Crippen LogP contribution < -0.4 is 16.4 Å². The second-order valence-electron chi connectivity index (χ2n) is 2.87. The first kappa shape index (κ1) is 10.1. The van der Waals surface area contributed by atoms with Gasteiger partial charge in [-0.05, 0) is 15.9 Å². The minimum atomic E-state index is -0.532. The molecule has 0 radical (unpaired) electrons. The highest BCUT2D eigenvalue weighted by Crippen LogP contribution is 2.15. The molecular weight excluding hydrogens is 268 g/mol. The molecule has 0 aromatic carbocycles. The summed E-state index contributed by atoms with van der Waals surface area (Å²) in [5.74, 6) is 0.0216. The lowest BCUT2D eigenvalue weighted by molar-refractivity contribution is -0.124. The molecule has 7 nitrogen and oxygen atoms in total. The zero-order chi connectivity index (χ0) is 10.8. The number of halogens is 1. The van der Waals surface area contributed by atoms with Crippen molar-refractivity contribution in [2.24, 2.45) is 0 Å². The van der Waals surface area contributed by atoms with Crippen LogP contribution in [0.15, 0.2) is 15.6 Å². The van der Waals surface area contributed by atoms with Gasteiger partial charge in [-0.1, -0.05) is 0 Å². The van der Waals surface area contributed by atoms with E-state index in [1.165, 1.54) is 6.33 Å². The molecule has 1 aliphatic heterocycles. The number of carbonyl (C=O) groups excluding carboxylic acids is 1. The Morgan fingerprint density at radius 2 is 2.40 bits per heavy atom. The lowest BCUT2D eigenvalue weighted by Crippen LogP contribution is -2.32. The zero-order valence-electron chi connectivity index (χ0n) is 7.41. The maximum Gasteiger partial charge on any atom is 0.268 e. The van der Waals surface area contributed by atoms with Gasteiger partial charge in [0.1, 0.15) is 22.9 Å². The number of aromatic nitrogens is 2. The molecule has 3 N–H and O–H groups in total. The van der Waals surface area contributed by atoms with Crippen molar-refractivity contribution in [2.75, 3.05) is 11.9 Å². The first-order valence-electron chi connectivity index (χ1n) is 4.10. The Morgan fingerprint density at radius 1 is 1.60 bits per heavy atom. The van der Waals surface area contributed by atoms with Crippen molar-refractivity contribution >= 4 is 27.7 Å². The predicted molar refractivity (Wildman–Crippen MR) is 54.1 cm³/mol. The third-order valence-electron chi connectivity index (χ3n) is 1.85. The summed E-state index contributed by atoms with van der Waals surface area (Å²) in [5.41, 5.74) is 1.88. The van der Waals surface area contributed by atoms with E-state index < -0.39 is 6.04 Å². The SMILES string of the molecule is O=C1NOCC1Nc1nc[nH]c(=O)c1Br. The molecule has 15 heavy (non-hydrogen) atoms. The van der Waals surface area contributed by atoms with Crippen LogP contribution in [0.25, 0.3) is 0 Å². The molecule has 1 unspecified atom stereocenters. The fourth-order valence-corrected chi connectivity index (χ4v) is 1.43. The van der Waals surface area contributed by atoms with Crippen LogP contribution in [0, 0.1) is 0 Å². The van der Waals surface area contributed by atoms with Crippen LogP contribution in [0.3, 0.4) is 0 Å². The van der Waals surface area contributed by atoms with Gasteiger partial charge in [-0.2, -0.15) is 0 Å². The van der Waals surface area contributed by atoms with E-state index in [1.807, 2.05) is 0 Å². The summed E-state index contributed by atoms with van der Waals surface area (Å²) in [4.78, 5) is 33.3. The molecule has 80 valence electrons. The third kappa shape index (κ3) is 2.00. The molecule has 2 heterocycles. The smallest absolute Gasteiger partial charge is 0.268 e. The minimum Gasteiger partial charge on any atom is -0.355 e. The third-order valence-corrected chi connectivity index (χ3v) is 2.58. The first-order chi connectivity index (χ1) is 7.18. The van der Waals surface area contributed by atoms with Gasteiger partial charge in [-0.3, -0.25) is 14.4 Å². The number of carbonyl (C=O) groups is 1. The van der Waals surface area contributed by atoms with Crippen molar-refractivity contribution in [2.45, 2.75) is 6.04 Å². The molecule has 0 aliphatic carbocycles. The molecule has 0 saturated carbocycles. The molecule has 1 fully saturated rings. The van der Waals surface area contributed by atoms with Crippen molar-refractivity contribution in [1.29, 1.82) is 0 Å². The minimum absolute atomic E-state index is 0.194. The fraction of sp³-hybridized carbons (Fsp3) is 0.286. The van der Waals surface area contributed by atoms with E-state index in [-0.39, 0.29) is 22.5 Å². The molecule has 2 rings (SSSR count). The van der Waals surface area contributed by atoms with Crippen LogP contribution in [-0.2, 0) is 9.63 Å². The number of hydrogen-bond acceptors (Lipinski definition) is 5. The Balaban J connectivity index is 2.20. The standard InChI is InChI=1S/C7H7BrN4O3/c8-4-5(9-2-10-7(4)14)11-3-1-15-12-6(3)13/h2-3H,1H2,(H,12,13)(H2,9,10,11,14). The highest BCUT2D eigenvalue weighted by Gasteiger charge is 2.26. The summed E-state index contributed by atoms with van der Waals surface area (Å²) < 4.78 is 0.254. The quantitative estimate of drug-likeness (QED) is 0.668. The fourth-order valence-electron chi connectivity index (χ4n) is 1.10. The Labute approximate surface area is 92.3 Å². The topological polar surface area (TPSA) is 96.1 Å². The number of aromatic amines is 1. The molecular formula is C7H7BrN4O3. The molecule has 8 heteroatoms. The number of hydrogen-bond donors (Lipinski definition) is 3. The molecule has 0 spiro atoms. The summed E-state index contributed by atoms with van der Waals surface area (Å²) in [6, 6.07) is -0.532. The van der Waals surface area contributed by atoms with E-state index in [0.29, 0.717) is 5.82 Å². The monoisotopic (exact) mass is 274 g/mol. The van der Waals surface area contributed by atoms with Crippen LogP contribution >= 0.6 is 15.9 Å². The van der Waals surface area contributed by atoms with Gasteiger partial charge in [-0.25, -0.2) is 10.5 Å². The Morgan fingerprint density at radius 3 is 3.07 bits per heavy atom. The highest BCUT2D eigenvalue weighted by atomic mass is 79.9. The van der Waals surface area contributed by atoms with Gasteiger partial charge in [0.05, 0.1) is 6.33 Å². The van der Waals surface area contributed by atoms with Gasteiger partial charge in [0.25, 0.3) is 11.5 Å². The summed E-state index contributed by atoms with van der Waals surface area (Å²) in [7, 11) is 0. The van der Waals surface area contributed by atoms with Gasteiger partial charge >= 0.3 is 0 Å². The summed E-state index contributed by atoms with van der Waals surface area (Å²) in [6.45, 7) is 0.194. The van der Waals surface area contributed by atoms with Gasteiger partial charge in [0, 0.05) is 0 Å². The lowest BCUT2D eigenvalue weighted by atomic mass is 10.3. The number of nitrogens with zero attached hydrogens (tertiary/aromatic N) is 1. The van der Waals surface area contributed by atoms with Crippen LogP contribution in [0.1, 0.15) is 0 Å². The van der Waals surface area contributed by atoms with Crippen molar-refractivity contribution in [3.63, 3.8) is 0 Å². The summed E-state index contributed by atoms with van der Waals surface area (Å²) in [5, 5.41) is 2.78. The van der Waals surface area contributed by atoms with Gasteiger partial charge in [-0.15, -0.1) is 0 Å². The molecule has 1 aromatic heterocycles. The van der Waals surface area contributed by atoms with Crippen LogP contribution in [0.2, 0.25) is 0 Å². The van der Waals surface area contributed by atoms with Gasteiger partial charge in [0.2, 0.25) is 0 Å². The molecule has 1 saturated heterocycles. The number of H-pyrrole nitrogens is 1. The second-order valence-corrected chi connectivity index (χ2v) is 3.66. The Hall–Kier alpha value is -1.41. The normalized spacial score (nSPS) is 20.1. The van der Waals surface area contributed by atoms with E-state index >= 15 is 0 Å². The molecule has 1 atom stereocenters. The number of anilines is 1. The molecule has 1 amide bonds. The number of rotatable bonds is 2. The maximum absolute atomic E-state index is 11.2. The number of hydroxylamine groups is 1. The van der Waals surface area contributed by atoms with E-state index in [2.05, 4.69) is 36.7 Å². The number of nitrogens with one attached hydrogen (secondary N) is 3. The molecule has 0 bridgehead atoms. The van der Waals surface area contributed by atoms with Crippen LogP contribution in [-0.4, -0.2) is 28.5 Å². The largest absolute Gasteiger partial charge is 0.355 e. The predicted octanol–water partition coefficient (Wildman–Crippen LogP) is -0.626. The van der Waals surface area contributed by atoms with Gasteiger partial charge < -0.3 is 10.3 Å². The average molecular weight is 275 g/mol. The Kier molecular flexibility index (Phi) is 2.69. The first-order valence-corrected chi connectivity index (χ1v) is 4.89. The molecule has 1 aliphatic rings. The van der Waals surface area contributed by atoms with E-state index in [0.717, 1.165) is 0 Å². The van der Waals surface area contributed by atoms with E-state index in [4.69, 9.17) is 4.84 Å². The highest BCUT2D eigenvalue weighted by molar-refractivity contribution is 9.10. The second kappa shape index (κ2) is 3.99. The lowest BCUT2D eigenvalue weighted by Gasteiger charge is -2.09. The van der Waals surface area contributed by atoms with Crippen molar-refractivity contribution in [3.8, 4) is 0 Å². The van der Waals surface area contributed by atoms with Crippen LogP contribution in [0.5, 0.6) is 0 Å². The van der Waals surface area contributed by atoms with E-state index in [9.17, 15) is 9.59 Å². The van der Waals surface area contributed by atoms with Crippen LogP contribution in [0.4, 0.5) is 5.82 Å². The number of amides is 1. The van der Waals surface area contributed by atoms with Crippen molar-refractivity contribution in [3.05, 3.63) is 21.2 Å². The van der Waals surface area contributed by atoms with Crippen molar-refractivity contribution in [1.82, 2.24) is 15.4 Å². The van der Waals surface area contributed by atoms with Gasteiger partial charge in [0.15, 0.2) is 0 Å². The average Bonchev–Trinajstić information content (AvgIpc) is 2.60. The summed E-state index contributed by atoms with van der Waals surface area (Å²) >= 11 is 3.07. The Bertz CT molecular complexity index is 446. The zero-order valence-corrected chi connectivity index (χ0v) is 9.00. The van der Waals surface area contributed by atoms with E-state index in [1.54, 1.807) is 0 Å². The molecule has 1 aromatic rings. The maximum atomic E-state index is 11.2.